The maximum absolute atomic E-state index is 6.50. The number of hydrogen-bond donors (Lipinski definition) is 1. The van der Waals surface area contributed by atoms with Crippen molar-refractivity contribution in [2.75, 3.05) is 24.6 Å². The highest BCUT2D eigenvalue weighted by molar-refractivity contribution is 6.43. The summed E-state index contributed by atoms with van der Waals surface area (Å²) >= 11 is 12.8. The average Bonchev–Trinajstić information content (AvgIpc) is 3.32. The lowest BCUT2D eigenvalue weighted by Gasteiger charge is -2.41. The van der Waals surface area contributed by atoms with Gasteiger partial charge in [0.05, 0.1) is 34.1 Å². The molecule has 30 heavy (non-hydrogen) atoms. The van der Waals surface area contributed by atoms with Crippen molar-refractivity contribution in [2.24, 2.45) is 11.1 Å². The van der Waals surface area contributed by atoms with E-state index < -0.39 is 0 Å². The molecule has 0 saturated carbocycles. The van der Waals surface area contributed by atoms with Crippen molar-refractivity contribution >= 4 is 34.7 Å². The standard InChI is InChI=1S/C21H24Cl2N6O/c1-12-17(14-4-3-5-15(22)16(14)23)29-11-25-27-20(29)19(26-12)28-8-6-21(7-9-28)10-30-13(2)18(21)24/h3-5,11,13,18H,6-10,24H2,1-2H3/t13-,18?/m0/s1. The predicted molar refractivity (Wildman–Crippen MR) is 118 cm³/mol. The van der Waals surface area contributed by atoms with Crippen molar-refractivity contribution in [2.45, 2.75) is 38.8 Å². The number of nitrogens with two attached hydrogens (primary N) is 1. The van der Waals surface area contributed by atoms with Gasteiger partial charge in [0.1, 0.15) is 6.33 Å². The first-order valence-corrected chi connectivity index (χ1v) is 10.9. The van der Waals surface area contributed by atoms with Gasteiger partial charge in [0.2, 0.25) is 5.65 Å². The normalized spacial score (nSPS) is 23.6. The highest BCUT2D eigenvalue weighted by Crippen LogP contribution is 2.43. The molecule has 2 saturated heterocycles. The molecule has 2 aromatic heterocycles. The molecule has 2 atom stereocenters. The number of hydrogen-bond acceptors (Lipinski definition) is 6. The van der Waals surface area contributed by atoms with E-state index in [1.807, 2.05) is 23.5 Å². The van der Waals surface area contributed by atoms with Crippen molar-refractivity contribution in [1.82, 2.24) is 19.6 Å². The Labute approximate surface area is 185 Å². The van der Waals surface area contributed by atoms with Crippen molar-refractivity contribution in [1.29, 1.82) is 0 Å². The van der Waals surface area contributed by atoms with Crippen LogP contribution in [0.1, 0.15) is 25.5 Å². The summed E-state index contributed by atoms with van der Waals surface area (Å²) in [6.07, 6.45) is 3.76. The average molecular weight is 447 g/mol. The number of anilines is 1. The van der Waals surface area contributed by atoms with Gasteiger partial charge in [0.25, 0.3) is 0 Å². The van der Waals surface area contributed by atoms with Gasteiger partial charge in [-0.1, -0.05) is 35.3 Å². The summed E-state index contributed by atoms with van der Waals surface area (Å²) < 4.78 is 7.80. The van der Waals surface area contributed by atoms with Crippen molar-refractivity contribution in [3.8, 4) is 11.3 Å². The Bertz CT molecular complexity index is 1110. The van der Waals surface area contributed by atoms with Crippen LogP contribution >= 0.6 is 23.2 Å². The summed E-state index contributed by atoms with van der Waals surface area (Å²) in [7, 11) is 0. The number of aromatic nitrogens is 4. The van der Waals surface area contributed by atoms with Crippen LogP contribution in [-0.4, -0.2) is 51.4 Å². The predicted octanol–water partition coefficient (Wildman–Crippen LogP) is 3.74. The first-order chi connectivity index (χ1) is 14.4. The van der Waals surface area contributed by atoms with Gasteiger partial charge in [-0.25, -0.2) is 4.98 Å². The molecule has 2 aliphatic rings. The van der Waals surface area contributed by atoms with E-state index in [2.05, 4.69) is 22.0 Å². The van der Waals surface area contributed by atoms with E-state index >= 15 is 0 Å². The molecule has 1 spiro atoms. The first-order valence-electron chi connectivity index (χ1n) is 10.2. The van der Waals surface area contributed by atoms with Crippen LogP contribution in [-0.2, 0) is 4.74 Å². The molecule has 4 heterocycles. The summed E-state index contributed by atoms with van der Waals surface area (Å²) in [6, 6.07) is 5.67. The number of nitrogens with zero attached hydrogens (tertiary/aromatic N) is 5. The van der Waals surface area contributed by atoms with Gasteiger partial charge in [0, 0.05) is 30.1 Å². The quantitative estimate of drug-likeness (QED) is 0.645. The van der Waals surface area contributed by atoms with Gasteiger partial charge in [0.15, 0.2) is 5.82 Å². The van der Waals surface area contributed by atoms with E-state index in [9.17, 15) is 0 Å². The third kappa shape index (κ3) is 2.99. The molecule has 2 fully saturated rings. The third-order valence-corrected chi connectivity index (χ3v) is 7.54. The topological polar surface area (TPSA) is 81.6 Å². The van der Waals surface area contributed by atoms with Crippen LogP contribution in [0.3, 0.4) is 0 Å². The molecule has 3 aromatic rings. The van der Waals surface area contributed by atoms with Gasteiger partial charge >= 0.3 is 0 Å². The molecule has 158 valence electrons. The zero-order valence-electron chi connectivity index (χ0n) is 17.0. The molecule has 0 bridgehead atoms. The number of benzene rings is 1. The fourth-order valence-corrected chi connectivity index (χ4v) is 5.24. The molecular weight excluding hydrogens is 423 g/mol. The summed E-state index contributed by atoms with van der Waals surface area (Å²) in [5.74, 6) is 0.835. The molecule has 9 heteroatoms. The number of piperidine rings is 1. The minimum absolute atomic E-state index is 0.0587. The number of halogens is 2. The zero-order valence-corrected chi connectivity index (χ0v) is 18.5. The Morgan fingerprint density at radius 1 is 1.23 bits per heavy atom. The lowest BCUT2D eigenvalue weighted by molar-refractivity contribution is 0.0974. The number of ether oxygens (including phenoxy) is 1. The van der Waals surface area contributed by atoms with Crippen molar-refractivity contribution in [3.63, 3.8) is 0 Å². The number of fused-ring (bicyclic) bond motifs is 1. The van der Waals surface area contributed by atoms with Gasteiger partial charge in [-0.3, -0.25) is 4.40 Å². The fourth-order valence-electron chi connectivity index (χ4n) is 4.85. The molecule has 0 radical (unpaired) electrons. The number of aryl methyl sites for hydroxylation is 1. The van der Waals surface area contributed by atoms with E-state index in [0.717, 1.165) is 55.3 Å². The second kappa shape index (κ2) is 7.34. The molecule has 5 rings (SSSR count). The largest absolute Gasteiger partial charge is 0.376 e. The summed E-state index contributed by atoms with van der Waals surface area (Å²) in [5, 5.41) is 9.53. The number of rotatable bonds is 2. The van der Waals surface area contributed by atoms with Crippen LogP contribution in [0.2, 0.25) is 10.0 Å². The summed E-state index contributed by atoms with van der Waals surface area (Å²) in [4.78, 5) is 7.21. The van der Waals surface area contributed by atoms with Gasteiger partial charge in [-0.05, 0) is 32.8 Å². The molecule has 7 nitrogen and oxygen atoms in total. The maximum Gasteiger partial charge on any atom is 0.204 e. The van der Waals surface area contributed by atoms with E-state index in [4.69, 9.17) is 38.7 Å². The molecule has 1 unspecified atom stereocenters. The Kier molecular flexibility index (Phi) is 4.89. The SMILES string of the molecule is Cc1nc(N2CCC3(CC2)CO[C@@H](C)C3N)c2nncn2c1-c1cccc(Cl)c1Cl. The molecule has 2 N–H and O–H groups in total. The van der Waals surface area contributed by atoms with E-state index in [1.165, 1.54) is 0 Å². The van der Waals surface area contributed by atoms with E-state index in [1.54, 1.807) is 12.4 Å². The third-order valence-electron chi connectivity index (χ3n) is 6.72. The van der Waals surface area contributed by atoms with Gasteiger partial charge < -0.3 is 15.4 Å². The van der Waals surface area contributed by atoms with Crippen molar-refractivity contribution < 1.29 is 4.74 Å². The van der Waals surface area contributed by atoms with Crippen LogP contribution in [0.15, 0.2) is 24.5 Å². The second-order valence-corrected chi connectivity index (χ2v) is 9.17. The van der Waals surface area contributed by atoms with Crippen LogP contribution < -0.4 is 10.6 Å². The van der Waals surface area contributed by atoms with Crippen LogP contribution in [0.5, 0.6) is 0 Å². The van der Waals surface area contributed by atoms with Crippen molar-refractivity contribution in [3.05, 3.63) is 40.3 Å². The van der Waals surface area contributed by atoms with Crippen LogP contribution in [0, 0.1) is 12.3 Å². The van der Waals surface area contributed by atoms with E-state index in [0.29, 0.717) is 15.7 Å². The minimum Gasteiger partial charge on any atom is -0.376 e. The molecule has 0 amide bonds. The lowest BCUT2D eigenvalue weighted by atomic mass is 9.73. The minimum atomic E-state index is 0.0587. The highest BCUT2D eigenvalue weighted by Gasteiger charge is 2.47. The van der Waals surface area contributed by atoms with Gasteiger partial charge in [-0.15, -0.1) is 10.2 Å². The highest BCUT2D eigenvalue weighted by atomic mass is 35.5. The monoisotopic (exact) mass is 446 g/mol. The maximum atomic E-state index is 6.50. The Morgan fingerprint density at radius 3 is 2.70 bits per heavy atom. The zero-order chi connectivity index (χ0) is 21.0. The Balaban J connectivity index is 1.52. The van der Waals surface area contributed by atoms with Crippen LogP contribution in [0.25, 0.3) is 16.9 Å². The lowest BCUT2D eigenvalue weighted by Crippen LogP contribution is -2.50. The summed E-state index contributed by atoms with van der Waals surface area (Å²) in [6.45, 7) is 6.49. The fraction of sp³-hybridized carbons (Fsp3) is 0.476. The molecule has 1 aromatic carbocycles. The molecule has 2 aliphatic heterocycles. The first kappa shape index (κ1) is 20.0. The molecular formula is C21H24Cl2N6O. The molecule has 0 aliphatic carbocycles. The Morgan fingerprint density at radius 2 is 2.00 bits per heavy atom. The van der Waals surface area contributed by atoms with Crippen LogP contribution in [0.4, 0.5) is 5.82 Å². The van der Waals surface area contributed by atoms with Gasteiger partial charge in [-0.2, -0.15) is 0 Å². The Hall–Kier alpha value is -1.93. The second-order valence-electron chi connectivity index (χ2n) is 8.39. The smallest absolute Gasteiger partial charge is 0.204 e. The summed E-state index contributed by atoms with van der Waals surface area (Å²) in [5.41, 5.74) is 9.74. The van der Waals surface area contributed by atoms with E-state index in [-0.39, 0.29) is 17.6 Å².